The maximum atomic E-state index is 13.7. The highest BCUT2D eigenvalue weighted by atomic mass is 19.1. The lowest BCUT2D eigenvalue weighted by Crippen LogP contribution is -2.26. The summed E-state index contributed by atoms with van der Waals surface area (Å²) in [5.74, 6) is -0.617. The Bertz CT molecular complexity index is 964. The number of imidazole rings is 1. The highest BCUT2D eigenvalue weighted by molar-refractivity contribution is 6.04. The number of nitrogens with one attached hydrogen (secondary N) is 1. The molecule has 3 aromatic rings. The molecular weight excluding hydrogens is 331 g/mol. The summed E-state index contributed by atoms with van der Waals surface area (Å²) in [6.07, 6.45) is 2.52. The van der Waals surface area contributed by atoms with Crippen LogP contribution in [0.25, 0.3) is 22.4 Å². The van der Waals surface area contributed by atoms with Gasteiger partial charge in [-0.1, -0.05) is 24.3 Å². The minimum Gasteiger partial charge on any atom is -0.366 e. The van der Waals surface area contributed by atoms with E-state index in [9.17, 15) is 9.18 Å². The number of carbonyl (C=O) groups excluding carboxylic acids is 1. The molecule has 2 aromatic carbocycles. The number of nitrogens with two attached hydrogens (primary N) is 1. The Labute approximate surface area is 151 Å². The predicted molar refractivity (Wildman–Crippen MR) is 99.1 cm³/mol. The van der Waals surface area contributed by atoms with E-state index < -0.39 is 11.7 Å². The maximum absolute atomic E-state index is 13.7. The van der Waals surface area contributed by atoms with Crippen LogP contribution in [0.1, 0.15) is 35.7 Å². The Balaban J connectivity index is 1.63. The molecule has 0 radical (unpaired) electrons. The van der Waals surface area contributed by atoms with Gasteiger partial charge in [-0.15, -0.1) is 0 Å². The van der Waals surface area contributed by atoms with Gasteiger partial charge in [0, 0.05) is 18.2 Å². The van der Waals surface area contributed by atoms with Crippen LogP contribution in [0.5, 0.6) is 0 Å². The topological polar surface area (TPSA) is 75.0 Å². The van der Waals surface area contributed by atoms with E-state index in [-0.39, 0.29) is 5.56 Å². The van der Waals surface area contributed by atoms with Crippen LogP contribution in [0.15, 0.2) is 36.4 Å². The highest BCUT2D eigenvalue weighted by Gasteiger charge is 2.20. The maximum Gasteiger partial charge on any atom is 0.251 e. The van der Waals surface area contributed by atoms with Crippen LogP contribution in [0, 0.1) is 5.82 Å². The van der Waals surface area contributed by atoms with Crippen LogP contribution in [0.2, 0.25) is 0 Å². The first-order chi connectivity index (χ1) is 12.5. The first kappa shape index (κ1) is 16.7. The number of aromatic amines is 1. The van der Waals surface area contributed by atoms with Gasteiger partial charge in [-0.2, -0.15) is 0 Å². The predicted octanol–water partition coefficient (Wildman–Crippen LogP) is 3.45. The Hall–Kier alpha value is -2.73. The number of carbonyl (C=O) groups is 1. The van der Waals surface area contributed by atoms with Gasteiger partial charge in [0.15, 0.2) is 0 Å². The summed E-state index contributed by atoms with van der Waals surface area (Å²) in [5.41, 5.74) is 8.42. The summed E-state index contributed by atoms with van der Waals surface area (Å²) in [7, 11) is 0. The molecular formula is C20H21FN4O. The number of primary amides is 1. The number of hydrogen-bond acceptors (Lipinski definition) is 3. The van der Waals surface area contributed by atoms with Crippen LogP contribution in [0.3, 0.4) is 0 Å². The second-order valence-electron chi connectivity index (χ2n) is 6.96. The number of aromatic nitrogens is 2. The SMILES string of the molecule is CC1CCCN1Cc1ccc(-c2nc3c(C(N)=O)cc(F)cc3[nH]2)cc1. The molecule has 1 fully saturated rings. The van der Waals surface area contributed by atoms with Crippen molar-refractivity contribution in [3.05, 3.63) is 53.3 Å². The minimum absolute atomic E-state index is 0.0853. The van der Waals surface area contributed by atoms with Gasteiger partial charge >= 0.3 is 0 Å². The van der Waals surface area contributed by atoms with E-state index in [1.54, 1.807) is 0 Å². The number of benzene rings is 2. The molecule has 26 heavy (non-hydrogen) atoms. The summed E-state index contributed by atoms with van der Waals surface area (Å²) in [6, 6.07) is 11.2. The van der Waals surface area contributed by atoms with E-state index in [1.807, 2.05) is 12.1 Å². The lowest BCUT2D eigenvalue weighted by molar-refractivity contribution is 0.100. The number of nitrogens with zero attached hydrogens (tertiary/aromatic N) is 2. The first-order valence-electron chi connectivity index (χ1n) is 8.83. The minimum atomic E-state index is -0.692. The van der Waals surface area contributed by atoms with Crippen molar-refractivity contribution >= 4 is 16.9 Å². The smallest absolute Gasteiger partial charge is 0.251 e. The molecule has 4 rings (SSSR count). The molecule has 1 amide bonds. The van der Waals surface area contributed by atoms with Crippen molar-refractivity contribution in [1.82, 2.24) is 14.9 Å². The molecule has 1 unspecified atom stereocenters. The largest absolute Gasteiger partial charge is 0.366 e. The monoisotopic (exact) mass is 352 g/mol. The summed E-state index contributed by atoms with van der Waals surface area (Å²) in [5, 5.41) is 0. The third kappa shape index (κ3) is 3.08. The molecule has 2 heterocycles. The Morgan fingerprint density at radius 3 is 2.77 bits per heavy atom. The third-order valence-corrected chi connectivity index (χ3v) is 5.12. The lowest BCUT2D eigenvalue weighted by Gasteiger charge is -2.20. The van der Waals surface area contributed by atoms with E-state index >= 15 is 0 Å². The number of hydrogen-bond donors (Lipinski definition) is 2. The summed E-state index contributed by atoms with van der Waals surface area (Å²) in [6.45, 7) is 4.36. The Morgan fingerprint density at radius 2 is 2.12 bits per heavy atom. The van der Waals surface area contributed by atoms with E-state index in [0.717, 1.165) is 24.7 Å². The van der Waals surface area contributed by atoms with E-state index in [4.69, 9.17) is 5.73 Å². The van der Waals surface area contributed by atoms with E-state index in [2.05, 4.69) is 33.9 Å². The normalized spacial score (nSPS) is 17.8. The van der Waals surface area contributed by atoms with Gasteiger partial charge in [-0.3, -0.25) is 9.69 Å². The second kappa shape index (κ2) is 6.53. The van der Waals surface area contributed by atoms with Crippen molar-refractivity contribution in [3.63, 3.8) is 0 Å². The number of rotatable bonds is 4. The molecule has 0 spiro atoms. The number of amides is 1. The molecule has 1 aliphatic heterocycles. The zero-order valence-corrected chi connectivity index (χ0v) is 14.6. The molecule has 1 atom stereocenters. The molecule has 0 bridgehead atoms. The van der Waals surface area contributed by atoms with Crippen LogP contribution in [-0.2, 0) is 6.54 Å². The molecule has 3 N–H and O–H groups in total. The zero-order valence-electron chi connectivity index (χ0n) is 14.6. The van der Waals surface area contributed by atoms with Gasteiger partial charge in [0.25, 0.3) is 5.91 Å². The zero-order chi connectivity index (χ0) is 18.3. The van der Waals surface area contributed by atoms with Crippen molar-refractivity contribution in [3.8, 4) is 11.4 Å². The number of halogens is 1. The molecule has 1 aliphatic rings. The fraction of sp³-hybridized carbons (Fsp3) is 0.300. The quantitative estimate of drug-likeness (QED) is 0.755. The van der Waals surface area contributed by atoms with Gasteiger partial charge < -0.3 is 10.7 Å². The van der Waals surface area contributed by atoms with Crippen molar-refractivity contribution in [1.29, 1.82) is 0 Å². The second-order valence-corrected chi connectivity index (χ2v) is 6.96. The van der Waals surface area contributed by atoms with E-state index in [1.165, 1.54) is 24.5 Å². The Morgan fingerprint density at radius 1 is 1.35 bits per heavy atom. The van der Waals surface area contributed by atoms with Crippen molar-refractivity contribution < 1.29 is 9.18 Å². The summed E-state index contributed by atoms with van der Waals surface area (Å²) >= 11 is 0. The van der Waals surface area contributed by atoms with E-state index in [0.29, 0.717) is 22.9 Å². The standard InChI is InChI=1S/C20H21FN4O/c1-12-3-2-8-25(12)11-13-4-6-14(7-5-13)20-23-17-10-15(21)9-16(19(22)26)18(17)24-20/h4-7,9-10,12H,2-3,8,11H2,1H3,(H2,22,26)(H,23,24). The molecule has 6 heteroatoms. The van der Waals surface area contributed by atoms with Crippen molar-refractivity contribution in [2.75, 3.05) is 6.54 Å². The first-order valence-corrected chi connectivity index (χ1v) is 8.83. The van der Waals surface area contributed by atoms with Crippen LogP contribution >= 0.6 is 0 Å². The third-order valence-electron chi connectivity index (χ3n) is 5.12. The summed E-state index contributed by atoms with van der Waals surface area (Å²) < 4.78 is 13.7. The van der Waals surface area contributed by atoms with Crippen LogP contribution in [0.4, 0.5) is 4.39 Å². The number of likely N-dealkylation sites (tertiary alicyclic amines) is 1. The van der Waals surface area contributed by atoms with Gasteiger partial charge in [0.1, 0.15) is 17.2 Å². The van der Waals surface area contributed by atoms with Crippen LogP contribution in [-0.4, -0.2) is 33.4 Å². The Kier molecular flexibility index (Phi) is 4.20. The molecule has 1 saturated heterocycles. The molecule has 0 saturated carbocycles. The fourth-order valence-corrected chi connectivity index (χ4v) is 3.64. The van der Waals surface area contributed by atoms with Crippen molar-refractivity contribution in [2.45, 2.75) is 32.4 Å². The van der Waals surface area contributed by atoms with Crippen molar-refractivity contribution in [2.24, 2.45) is 5.73 Å². The molecule has 0 aliphatic carbocycles. The molecule has 5 nitrogen and oxygen atoms in total. The fourth-order valence-electron chi connectivity index (χ4n) is 3.64. The van der Waals surface area contributed by atoms with Gasteiger partial charge in [0.05, 0.1) is 11.1 Å². The highest BCUT2D eigenvalue weighted by Crippen LogP contribution is 2.25. The average Bonchev–Trinajstić information content (AvgIpc) is 3.21. The number of H-pyrrole nitrogens is 1. The van der Waals surface area contributed by atoms with Gasteiger partial charge in [-0.05, 0) is 44.0 Å². The van der Waals surface area contributed by atoms with Gasteiger partial charge in [0.2, 0.25) is 0 Å². The average molecular weight is 352 g/mol. The van der Waals surface area contributed by atoms with Gasteiger partial charge in [-0.25, -0.2) is 9.37 Å². The summed E-state index contributed by atoms with van der Waals surface area (Å²) in [4.78, 5) is 21.6. The van der Waals surface area contributed by atoms with Crippen LogP contribution < -0.4 is 5.73 Å². The molecule has 1 aromatic heterocycles. The molecule has 134 valence electrons. The lowest BCUT2D eigenvalue weighted by atomic mass is 10.1. The number of fused-ring (bicyclic) bond motifs is 1.